The molecule has 4 N–H and O–H groups in total. The van der Waals surface area contributed by atoms with Crippen LogP contribution in [0.15, 0.2) is 12.1 Å². The summed E-state index contributed by atoms with van der Waals surface area (Å²) in [6.45, 7) is 1.94. The van der Waals surface area contributed by atoms with Crippen LogP contribution in [0.3, 0.4) is 0 Å². The van der Waals surface area contributed by atoms with Gasteiger partial charge in [0.1, 0.15) is 0 Å². The standard InChI is InChI=1S/C12H14N2O5/c1-6-2-9-10(19-5-18-9)4-8(6)14-12(17)7(13)3-11(15)16/h2,4,7H,3,5,13H2,1H3,(H,14,17)(H,15,16). The Morgan fingerprint density at radius 1 is 1.42 bits per heavy atom. The van der Waals surface area contributed by atoms with Crippen molar-refractivity contribution < 1.29 is 24.2 Å². The lowest BCUT2D eigenvalue weighted by Crippen LogP contribution is -2.37. The van der Waals surface area contributed by atoms with E-state index >= 15 is 0 Å². The predicted molar refractivity (Wildman–Crippen MR) is 66.2 cm³/mol. The predicted octanol–water partition coefficient (Wildman–Crippen LogP) is 0.464. The summed E-state index contributed by atoms with van der Waals surface area (Å²) >= 11 is 0. The number of carboxylic acids is 1. The van der Waals surface area contributed by atoms with Crippen molar-refractivity contribution in [1.82, 2.24) is 0 Å². The lowest BCUT2D eigenvalue weighted by molar-refractivity contribution is -0.138. The molecule has 102 valence electrons. The molecule has 0 fully saturated rings. The molecule has 1 aromatic rings. The SMILES string of the molecule is Cc1cc2c(cc1NC(=O)C(N)CC(=O)O)OCO2. The van der Waals surface area contributed by atoms with Crippen LogP contribution in [0.25, 0.3) is 0 Å². The van der Waals surface area contributed by atoms with E-state index in [4.69, 9.17) is 20.3 Å². The number of nitrogens with two attached hydrogens (primary N) is 1. The summed E-state index contributed by atoms with van der Waals surface area (Å²) in [4.78, 5) is 22.2. The lowest BCUT2D eigenvalue weighted by Gasteiger charge is -2.12. The average Bonchev–Trinajstić information content (AvgIpc) is 2.75. The number of rotatable bonds is 4. The summed E-state index contributed by atoms with van der Waals surface area (Å²) < 4.78 is 10.4. The lowest BCUT2D eigenvalue weighted by atomic mass is 10.1. The van der Waals surface area contributed by atoms with Crippen LogP contribution < -0.4 is 20.5 Å². The molecule has 0 aromatic heterocycles. The Hall–Kier alpha value is -2.28. The Morgan fingerprint density at radius 2 is 2.05 bits per heavy atom. The number of ether oxygens (including phenoxy) is 2. The highest BCUT2D eigenvalue weighted by molar-refractivity contribution is 5.97. The van der Waals surface area contributed by atoms with E-state index in [9.17, 15) is 9.59 Å². The van der Waals surface area contributed by atoms with Crippen LogP contribution >= 0.6 is 0 Å². The largest absolute Gasteiger partial charge is 0.481 e. The maximum absolute atomic E-state index is 11.7. The quantitative estimate of drug-likeness (QED) is 0.730. The smallest absolute Gasteiger partial charge is 0.305 e. The Morgan fingerprint density at radius 3 is 2.68 bits per heavy atom. The van der Waals surface area contributed by atoms with Crippen LogP contribution in [-0.2, 0) is 9.59 Å². The van der Waals surface area contributed by atoms with E-state index < -0.39 is 24.3 Å². The monoisotopic (exact) mass is 266 g/mol. The highest BCUT2D eigenvalue weighted by Gasteiger charge is 2.20. The van der Waals surface area contributed by atoms with Crippen LogP contribution in [0, 0.1) is 6.92 Å². The minimum Gasteiger partial charge on any atom is -0.481 e. The van der Waals surface area contributed by atoms with Crippen molar-refractivity contribution in [2.24, 2.45) is 5.73 Å². The highest BCUT2D eigenvalue weighted by Crippen LogP contribution is 2.36. The molecule has 0 bridgehead atoms. The van der Waals surface area contributed by atoms with Crippen LogP contribution in [0.1, 0.15) is 12.0 Å². The summed E-state index contributed by atoms with van der Waals surface area (Å²) in [7, 11) is 0. The molecule has 0 saturated heterocycles. The van der Waals surface area contributed by atoms with Crippen LogP contribution in [0.4, 0.5) is 5.69 Å². The Labute approximate surface area is 109 Å². The summed E-state index contributed by atoms with van der Waals surface area (Å²) in [6, 6.07) is 2.27. The van der Waals surface area contributed by atoms with E-state index in [1.807, 2.05) is 0 Å². The Kier molecular flexibility index (Phi) is 3.57. The van der Waals surface area contributed by atoms with Crippen molar-refractivity contribution in [3.8, 4) is 11.5 Å². The van der Waals surface area contributed by atoms with Crippen LogP contribution in [-0.4, -0.2) is 29.8 Å². The van der Waals surface area contributed by atoms with Gasteiger partial charge in [-0.1, -0.05) is 0 Å². The summed E-state index contributed by atoms with van der Waals surface area (Å²) in [6.07, 6.45) is -0.421. The van der Waals surface area contributed by atoms with Gasteiger partial charge in [-0.3, -0.25) is 9.59 Å². The van der Waals surface area contributed by atoms with Gasteiger partial charge in [0.05, 0.1) is 12.5 Å². The van der Waals surface area contributed by atoms with Gasteiger partial charge >= 0.3 is 5.97 Å². The van der Waals surface area contributed by atoms with Gasteiger partial charge in [-0.25, -0.2) is 0 Å². The third-order valence-electron chi connectivity index (χ3n) is 2.71. The molecular weight excluding hydrogens is 252 g/mol. The second-order valence-corrected chi connectivity index (χ2v) is 4.21. The number of benzene rings is 1. The molecule has 1 heterocycles. The molecule has 1 atom stereocenters. The number of carbonyl (C=O) groups is 2. The van der Waals surface area contributed by atoms with Gasteiger partial charge in [0, 0.05) is 11.8 Å². The van der Waals surface area contributed by atoms with Crippen molar-refractivity contribution in [3.63, 3.8) is 0 Å². The van der Waals surface area contributed by atoms with Crippen molar-refractivity contribution in [1.29, 1.82) is 0 Å². The molecule has 1 aliphatic heterocycles. The van der Waals surface area contributed by atoms with Gasteiger partial charge in [0.25, 0.3) is 0 Å². The molecule has 1 amide bonds. The van der Waals surface area contributed by atoms with E-state index in [0.29, 0.717) is 17.2 Å². The zero-order chi connectivity index (χ0) is 14.0. The molecule has 0 aliphatic carbocycles. The van der Waals surface area contributed by atoms with E-state index in [-0.39, 0.29) is 6.79 Å². The highest BCUT2D eigenvalue weighted by atomic mass is 16.7. The van der Waals surface area contributed by atoms with E-state index in [1.54, 1.807) is 19.1 Å². The second kappa shape index (κ2) is 5.15. The zero-order valence-electron chi connectivity index (χ0n) is 10.3. The van der Waals surface area contributed by atoms with E-state index in [1.165, 1.54) is 0 Å². The van der Waals surface area contributed by atoms with Crippen LogP contribution in [0.2, 0.25) is 0 Å². The number of carbonyl (C=O) groups excluding carboxylic acids is 1. The minimum absolute atomic E-state index is 0.144. The number of fused-ring (bicyclic) bond motifs is 1. The maximum Gasteiger partial charge on any atom is 0.305 e. The first-order valence-corrected chi connectivity index (χ1v) is 5.66. The Bertz CT molecular complexity index is 529. The van der Waals surface area contributed by atoms with Gasteiger partial charge < -0.3 is 25.6 Å². The Balaban J connectivity index is 2.11. The fraction of sp³-hybridized carbons (Fsp3) is 0.333. The topological polar surface area (TPSA) is 111 Å². The first-order valence-electron chi connectivity index (χ1n) is 5.66. The number of amides is 1. The fourth-order valence-corrected chi connectivity index (χ4v) is 1.68. The molecule has 2 rings (SSSR count). The maximum atomic E-state index is 11.7. The van der Waals surface area contributed by atoms with E-state index in [0.717, 1.165) is 5.56 Å². The van der Waals surface area contributed by atoms with Crippen LogP contribution in [0.5, 0.6) is 11.5 Å². The number of nitrogens with one attached hydrogen (secondary N) is 1. The van der Waals surface area contributed by atoms with E-state index in [2.05, 4.69) is 5.32 Å². The van der Waals surface area contributed by atoms with Crippen molar-refractivity contribution in [2.45, 2.75) is 19.4 Å². The summed E-state index contributed by atoms with van der Waals surface area (Å²) in [5.41, 5.74) is 6.78. The fourth-order valence-electron chi connectivity index (χ4n) is 1.68. The number of aliphatic carboxylic acids is 1. The molecule has 1 aromatic carbocycles. The first kappa shape index (κ1) is 13.2. The molecule has 19 heavy (non-hydrogen) atoms. The zero-order valence-corrected chi connectivity index (χ0v) is 10.3. The van der Waals surface area contributed by atoms with Gasteiger partial charge in [0.2, 0.25) is 12.7 Å². The summed E-state index contributed by atoms with van der Waals surface area (Å²) in [5, 5.41) is 11.2. The molecule has 0 spiro atoms. The third kappa shape index (κ3) is 2.94. The molecule has 1 aliphatic rings. The molecule has 1 unspecified atom stereocenters. The molecule has 7 nitrogen and oxygen atoms in total. The molecule has 0 saturated carbocycles. The number of anilines is 1. The first-order chi connectivity index (χ1) is 8.97. The third-order valence-corrected chi connectivity index (χ3v) is 2.71. The number of aryl methyl sites for hydroxylation is 1. The second-order valence-electron chi connectivity index (χ2n) is 4.21. The minimum atomic E-state index is -1.12. The normalized spacial score (nSPS) is 14.0. The number of hydrogen-bond donors (Lipinski definition) is 3. The van der Waals surface area contributed by atoms with Crippen molar-refractivity contribution in [2.75, 3.05) is 12.1 Å². The van der Waals surface area contributed by atoms with Crippen molar-refractivity contribution >= 4 is 17.6 Å². The van der Waals surface area contributed by atoms with Gasteiger partial charge in [0.15, 0.2) is 11.5 Å². The van der Waals surface area contributed by atoms with Gasteiger partial charge in [-0.2, -0.15) is 0 Å². The van der Waals surface area contributed by atoms with Gasteiger partial charge in [-0.05, 0) is 18.6 Å². The number of carboxylic acid groups (broad SMARTS) is 1. The van der Waals surface area contributed by atoms with Gasteiger partial charge in [-0.15, -0.1) is 0 Å². The number of hydrogen-bond acceptors (Lipinski definition) is 5. The molecule has 7 heteroatoms. The summed E-state index contributed by atoms with van der Waals surface area (Å²) in [5.74, 6) is -0.521. The van der Waals surface area contributed by atoms with Crippen molar-refractivity contribution in [3.05, 3.63) is 17.7 Å². The average molecular weight is 266 g/mol. The molecule has 0 radical (unpaired) electrons. The molecular formula is C12H14N2O5.